The molecule has 57 heavy (non-hydrogen) atoms. The van der Waals surface area contributed by atoms with Crippen LogP contribution >= 0.6 is 7.82 Å². The first-order chi connectivity index (χ1) is 27.8. The van der Waals surface area contributed by atoms with Crippen LogP contribution in [0.1, 0.15) is 258 Å². The normalized spacial score (nSPS) is 14.4. The van der Waals surface area contributed by atoms with Crippen molar-refractivity contribution in [2.45, 2.75) is 276 Å². The number of nitrogens with two attached hydrogens (primary N) is 1. The highest BCUT2D eigenvalue weighted by atomic mass is 31.2. The van der Waals surface area contributed by atoms with Crippen LogP contribution in [0.5, 0.6) is 0 Å². The molecule has 10 heteroatoms. The van der Waals surface area contributed by atoms with Gasteiger partial charge in [-0.05, 0) is 12.8 Å². The summed E-state index contributed by atoms with van der Waals surface area (Å²) in [6, 6.07) is -0.891. The average molecular weight is 833 g/mol. The van der Waals surface area contributed by atoms with Gasteiger partial charge >= 0.3 is 7.82 Å². The Labute approximate surface area is 353 Å². The largest absolute Gasteiger partial charge is 0.472 e. The highest BCUT2D eigenvalue weighted by Crippen LogP contribution is 2.43. The maximum Gasteiger partial charge on any atom is 0.472 e. The van der Waals surface area contributed by atoms with E-state index in [4.69, 9.17) is 14.8 Å². The van der Waals surface area contributed by atoms with E-state index in [1.807, 2.05) is 0 Å². The van der Waals surface area contributed by atoms with Gasteiger partial charge in [0.15, 0.2) is 0 Å². The second kappa shape index (κ2) is 43.5. The summed E-state index contributed by atoms with van der Waals surface area (Å²) in [4.78, 5) is 22.9. The lowest BCUT2D eigenvalue weighted by Gasteiger charge is -2.25. The molecule has 0 radical (unpaired) electrons. The molecule has 0 aromatic carbocycles. The minimum Gasteiger partial charge on any atom is -0.393 e. The standard InChI is InChI=1S/C47H97N2O7P/c1-3-5-7-9-11-13-15-17-19-21-22-23-25-27-29-31-33-35-37-39-46(51)45(43-56-57(53,54)55-41-40-48)49-47(52)42-44(50)38-36-34-32-30-28-26-24-20-18-16-14-12-10-8-6-4-2/h44-46,50-51H,3-43,48H2,1-2H3,(H,49,52)(H,53,54). The molecule has 0 aliphatic heterocycles. The zero-order valence-electron chi connectivity index (χ0n) is 37.7. The van der Waals surface area contributed by atoms with Gasteiger partial charge in [0.1, 0.15) is 0 Å². The van der Waals surface area contributed by atoms with Gasteiger partial charge in [-0.1, -0.05) is 239 Å². The molecule has 0 saturated heterocycles. The molecule has 0 spiro atoms. The summed E-state index contributed by atoms with van der Waals surface area (Å²) in [5.41, 5.74) is 5.38. The number of amides is 1. The van der Waals surface area contributed by atoms with Crippen molar-refractivity contribution in [2.24, 2.45) is 5.73 Å². The topological polar surface area (TPSA) is 151 Å². The third-order valence-electron chi connectivity index (χ3n) is 11.5. The third-order valence-corrected chi connectivity index (χ3v) is 12.5. The van der Waals surface area contributed by atoms with Gasteiger partial charge in [0.25, 0.3) is 0 Å². The van der Waals surface area contributed by atoms with Crippen molar-refractivity contribution >= 4 is 13.7 Å². The molecule has 0 bridgehead atoms. The predicted molar refractivity (Wildman–Crippen MR) is 242 cm³/mol. The number of aliphatic hydroxyl groups is 2. The minimum absolute atomic E-state index is 0.0629. The van der Waals surface area contributed by atoms with Crippen LogP contribution in [-0.4, -0.2) is 59.0 Å². The fourth-order valence-corrected chi connectivity index (χ4v) is 8.53. The molecule has 4 atom stereocenters. The molecule has 0 rings (SSSR count). The maximum atomic E-state index is 12.9. The number of hydrogen-bond acceptors (Lipinski definition) is 7. The monoisotopic (exact) mass is 833 g/mol. The molecule has 0 aromatic rings. The molecule has 0 aromatic heterocycles. The van der Waals surface area contributed by atoms with Crippen LogP contribution in [0.3, 0.4) is 0 Å². The van der Waals surface area contributed by atoms with Crippen LogP contribution < -0.4 is 11.1 Å². The van der Waals surface area contributed by atoms with E-state index in [9.17, 15) is 24.5 Å². The van der Waals surface area contributed by atoms with E-state index in [2.05, 4.69) is 19.2 Å². The summed E-state index contributed by atoms with van der Waals surface area (Å²) < 4.78 is 22.2. The second-order valence-electron chi connectivity index (χ2n) is 17.2. The number of nitrogens with one attached hydrogen (secondary N) is 1. The van der Waals surface area contributed by atoms with Crippen LogP contribution in [0.25, 0.3) is 0 Å². The predicted octanol–water partition coefficient (Wildman–Crippen LogP) is 13.1. The summed E-state index contributed by atoms with van der Waals surface area (Å²) in [7, 11) is -4.37. The van der Waals surface area contributed by atoms with Gasteiger partial charge in [-0.25, -0.2) is 4.57 Å². The van der Waals surface area contributed by atoms with Gasteiger partial charge in [0.2, 0.25) is 5.91 Å². The van der Waals surface area contributed by atoms with E-state index in [0.717, 1.165) is 38.5 Å². The first kappa shape index (κ1) is 56.5. The molecule has 342 valence electrons. The zero-order chi connectivity index (χ0) is 41.9. The molecule has 1 amide bonds. The van der Waals surface area contributed by atoms with Crippen LogP contribution in [0.2, 0.25) is 0 Å². The molecule has 0 aliphatic carbocycles. The number of phosphoric ester groups is 1. The van der Waals surface area contributed by atoms with Crippen LogP contribution in [-0.2, 0) is 18.4 Å². The molecule has 0 saturated carbocycles. The van der Waals surface area contributed by atoms with E-state index in [-0.39, 0.29) is 26.2 Å². The quantitative estimate of drug-likeness (QED) is 0.0300. The summed E-state index contributed by atoms with van der Waals surface area (Å²) in [5, 5.41) is 24.3. The first-order valence-electron chi connectivity index (χ1n) is 24.7. The van der Waals surface area contributed by atoms with E-state index < -0.39 is 32.0 Å². The summed E-state index contributed by atoms with van der Waals surface area (Å²) in [5.74, 6) is -0.407. The molecular weight excluding hydrogens is 735 g/mol. The van der Waals surface area contributed by atoms with Crippen molar-refractivity contribution < 1.29 is 33.5 Å². The highest BCUT2D eigenvalue weighted by molar-refractivity contribution is 7.47. The zero-order valence-corrected chi connectivity index (χ0v) is 38.6. The summed E-state index contributed by atoms with van der Waals surface area (Å²) in [6.07, 6.45) is 44.3. The van der Waals surface area contributed by atoms with E-state index >= 15 is 0 Å². The number of carbonyl (C=O) groups is 1. The molecule has 0 heterocycles. The van der Waals surface area contributed by atoms with Gasteiger partial charge in [0, 0.05) is 6.54 Å². The van der Waals surface area contributed by atoms with Crippen molar-refractivity contribution in [1.82, 2.24) is 5.32 Å². The maximum absolute atomic E-state index is 12.9. The number of rotatable bonds is 47. The lowest BCUT2D eigenvalue weighted by molar-refractivity contribution is -0.125. The number of unbranched alkanes of at least 4 members (excludes halogenated alkanes) is 33. The first-order valence-corrected chi connectivity index (χ1v) is 26.2. The van der Waals surface area contributed by atoms with Crippen molar-refractivity contribution in [1.29, 1.82) is 0 Å². The van der Waals surface area contributed by atoms with Gasteiger partial charge in [0.05, 0.1) is 37.9 Å². The van der Waals surface area contributed by atoms with Crippen molar-refractivity contribution in [3.05, 3.63) is 0 Å². The lowest BCUT2D eigenvalue weighted by atomic mass is 10.0. The molecule has 6 N–H and O–H groups in total. The van der Waals surface area contributed by atoms with Gasteiger partial charge in [-0.3, -0.25) is 13.8 Å². The molecule has 4 unspecified atom stereocenters. The lowest BCUT2D eigenvalue weighted by Crippen LogP contribution is -2.47. The Morgan fingerprint density at radius 1 is 0.526 bits per heavy atom. The molecule has 0 aliphatic rings. The Morgan fingerprint density at radius 2 is 0.842 bits per heavy atom. The summed E-state index contributed by atoms with van der Waals surface area (Å²) in [6.45, 7) is 4.09. The Kier molecular flexibility index (Phi) is 43.1. The van der Waals surface area contributed by atoms with Gasteiger partial charge < -0.3 is 26.2 Å². The van der Waals surface area contributed by atoms with Crippen LogP contribution in [0.15, 0.2) is 0 Å². The van der Waals surface area contributed by atoms with Crippen molar-refractivity contribution in [3.8, 4) is 0 Å². The fourth-order valence-electron chi connectivity index (χ4n) is 7.77. The molecular formula is C47H97N2O7P. The summed E-state index contributed by atoms with van der Waals surface area (Å²) >= 11 is 0. The van der Waals surface area contributed by atoms with Crippen molar-refractivity contribution in [2.75, 3.05) is 19.8 Å². The third kappa shape index (κ3) is 42.0. The van der Waals surface area contributed by atoms with Crippen LogP contribution in [0.4, 0.5) is 0 Å². The fraction of sp³-hybridized carbons (Fsp3) is 0.979. The highest BCUT2D eigenvalue weighted by Gasteiger charge is 2.28. The Hall–Kier alpha value is -0.540. The SMILES string of the molecule is CCCCCCCCCCCCCCCCCCCCCC(O)C(COP(=O)(O)OCCN)NC(=O)CC(O)CCCCCCCCCCCCCCCCCC. The molecule has 9 nitrogen and oxygen atoms in total. The number of carbonyl (C=O) groups excluding carboxylic acids is 1. The second-order valence-corrected chi connectivity index (χ2v) is 18.7. The van der Waals surface area contributed by atoms with Gasteiger partial charge in [-0.2, -0.15) is 0 Å². The van der Waals surface area contributed by atoms with Crippen LogP contribution in [0, 0.1) is 0 Å². The Bertz CT molecular complexity index is 883. The van der Waals surface area contributed by atoms with E-state index in [1.54, 1.807) is 0 Å². The Balaban J connectivity index is 4.15. The van der Waals surface area contributed by atoms with E-state index in [0.29, 0.717) is 12.8 Å². The minimum atomic E-state index is -4.37. The smallest absolute Gasteiger partial charge is 0.393 e. The van der Waals surface area contributed by atoms with Crippen molar-refractivity contribution in [3.63, 3.8) is 0 Å². The molecule has 0 fully saturated rings. The Morgan fingerprint density at radius 3 is 1.18 bits per heavy atom. The average Bonchev–Trinajstić information content (AvgIpc) is 3.19. The van der Waals surface area contributed by atoms with Gasteiger partial charge in [-0.15, -0.1) is 0 Å². The van der Waals surface area contributed by atoms with E-state index in [1.165, 1.54) is 186 Å². The number of aliphatic hydroxyl groups excluding tert-OH is 2. The number of phosphoric acid groups is 1. The number of hydrogen-bond donors (Lipinski definition) is 5.